The van der Waals surface area contributed by atoms with Crippen LogP contribution in [0.2, 0.25) is 0 Å². The summed E-state index contributed by atoms with van der Waals surface area (Å²) in [5.74, 6) is 0.767. The molecule has 0 saturated carbocycles. The monoisotopic (exact) mass is 312 g/mol. The number of thiophene rings is 1. The van der Waals surface area contributed by atoms with E-state index in [1.54, 1.807) is 18.4 Å². The maximum Gasteiger partial charge on any atom is 0.133 e. The fourth-order valence-electron chi connectivity index (χ4n) is 1.67. The van der Waals surface area contributed by atoms with Crippen LogP contribution in [0.3, 0.4) is 0 Å². The molecule has 0 spiro atoms. The van der Waals surface area contributed by atoms with Gasteiger partial charge in [-0.25, -0.2) is 0 Å². The SMILES string of the molecule is COc1ccc(C(O)c2sccc2C)cc1Br. The van der Waals surface area contributed by atoms with Gasteiger partial charge in [-0.3, -0.25) is 0 Å². The lowest BCUT2D eigenvalue weighted by molar-refractivity contribution is 0.223. The molecule has 0 aliphatic heterocycles. The largest absolute Gasteiger partial charge is 0.496 e. The third-order valence-corrected chi connectivity index (χ3v) is 4.33. The molecule has 0 bridgehead atoms. The first-order valence-corrected chi connectivity index (χ1v) is 6.86. The van der Waals surface area contributed by atoms with Gasteiger partial charge in [-0.15, -0.1) is 11.3 Å². The van der Waals surface area contributed by atoms with Gasteiger partial charge in [-0.05, 0) is 57.6 Å². The minimum Gasteiger partial charge on any atom is -0.496 e. The maximum atomic E-state index is 10.3. The molecule has 90 valence electrons. The molecule has 2 rings (SSSR count). The Morgan fingerprint density at radius 2 is 2.12 bits per heavy atom. The highest BCUT2D eigenvalue weighted by Gasteiger charge is 2.15. The molecular weight excluding hydrogens is 300 g/mol. The van der Waals surface area contributed by atoms with E-state index >= 15 is 0 Å². The fraction of sp³-hybridized carbons (Fsp3) is 0.231. The molecule has 0 aliphatic rings. The molecule has 2 aromatic rings. The third kappa shape index (κ3) is 2.54. The highest BCUT2D eigenvalue weighted by Crippen LogP contribution is 2.33. The zero-order valence-corrected chi connectivity index (χ0v) is 12.0. The van der Waals surface area contributed by atoms with Crippen molar-refractivity contribution in [1.29, 1.82) is 0 Å². The number of hydrogen-bond donors (Lipinski definition) is 1. The van der Waals surface area contributed by atoms with Gasteiger partial charge in [0.1, 0.15) is 11.9 Å². The number of benzene rings is 1. The van der Waals surface area contributed by atoms with Crippen LogP contribution in [0.4, 0.5) is 0 Å². The zero-order valence-electron chi connectivity index (χ0n) is 9.61. The second kappa shape index (κ2) is 5.21. The maximum absolute atomic E-state index is 10.3. The van der Waals surface area contributed by atoms with Gasteiger partial charge in [-0.2, -0.15) is 0 Å². The summed E-state index contributed by atoms with van der Waals surface area (Å²) < 4.78 is 6.02. The quantitative estimate of drug-likeness (QED) is 0.931. The van der Waals surface area contributed by atoms with E-state index in [1.165, 1.54) is 0 Å². The number of ether oxygens (including phenoxy) is 1. The number of aliphatic hydroxyl groups excluding tert-OH is 1. The van der Waals surface area contributed by atoms with Crippen molar-refractivity contribution in [3.63, 3.8) is 0 Å². The number of aliphatic hydroxyl groups is 1. The lowest BCUT2D eigenvalue weighted by Crippen LogP contribution is -1.99. The van der Waals surface area contributed by atoms with Crippen molar-refractivity contribution < 1.29 is 9.84 Å². The number of halogens is 1. The molecule has 1 N–H and O–H groups in total. The smallest absolute Gasteiger partial charge is 0.133 e. The summed E-state index contributed by atoms with van der Waals surface area (Å²) >= 11 is 5.00. The molecule has 1 atom stereocenters. The van der Waals surface area contributed by atoms with Gasteiger partial charge < -0.3 is 9.84 Å². The molecule has 4 heteroatoms. The van der Waals surface area contributed by atoms with Crippen LogP contribution in [0.1, 0.15) is 22.1 Å². The Morgan fingerprint density at radius 3 is 2.65 bits per heavy atom. The number of rotatable bonds is 3. The van der Waals surface area contributed by atoms with Crippen LogP contribution in [-0.4, -0.2) is 12.2 Å². The summed E-state index contributed by atoms with van der Waals surface area (Å²) in [5, 5.41) is 12.3. The lowest BCUT2D eigenvalue weighted by atomic mass is 10.1. The van der Waals surface area contributed by atoms with E-state index in [0.29, 0.717) is 0 Å². The normalized spacial score (nSPS) is 12.5. The van der Waals surface area contributed by atoms with Gasteiger partial charge in [0.2, 0.25) is 0 Å². The second-order valence-corrected chi connectivity index (χ2v) is 5.57. The highest BCUT2D eigenvalue weighted by atomic mass is 79.9. The highest BCUT2D eigenvalue weighted by molar-refractivity contribution is 9.10. The van der Waals surface area contributed by atoms with Crippen molar-refractivity contribution in [1.82, 2.24) is 0 Å². The van der Waals surface area contributed by atoms with Gasteiger partial charge in [0.25, 0.3) is 0 Å². The minimum atomic E-state index is -0.572. The summed E-state index contributed by atoms with van der Waals surface area (Å²) in [4.78, 5) is 0.988. The summed E-state index contributed by atoms with van der Waals surface area (Å²) in [6, 6.07) is 7.64. The third-order valence-electron chi connectivity index (χ3n) is 2.64. The van der Waals surface area contributed by atoms with E-state index in [1.807, 2.05) is 36.6 Å². The van der Waals surface area contributed by atoms with Crippen molar-refractivity contribution in [2.24, 2.45) is 0 Å². The van der Waals surface area contributed by atoms with E-state index in [0.717, 1.165) is 26.2 Å². The average Bonchev–Trinajstić information content (AvgIpc) is 2.74. The second-order valence-electron chi connectivity index (χ2n) is 3.76. The van der Waals surface area contributed by atoms with Gasteiger partial charge >= 0.3 is 0 Å². The number of hydrogen-bond acceptors (Lipinski definition) is 3. The standard InChI is InChI=1S/C13H13BrO2S/c1-8-5-6-17-13(8)12(15)9-3-4-11(16-2)10(14)7-9/h3-7,12,15H,1-2H3. The Hall–Kier alpha value is -0.840. The first kappa shape index (κ1) is 12.6. The molecule has 0 fully saturated rings. The van der Waals surface area contributed by atoms with Crippen molar-refractivity contribution in [2.75, 3.05) is 7.11 Å². The number of aryl methyl sites for hydroxylation is 1. The summed E-state index contributed by atoms with van der Waals surface area (Å²) in [6.45, 7) is 2.01. The predicted molar refractivity (Wildman–Crippen MR) is 73.8 cm³/mol. The van der Waals surface area contributed by atoms with Gasteiger partial charge in [0.15, 0.2) is 0 Å². The molecule has 2 nitrogen and oxygen atoms in total. The lowest BCUT2D eigenvalue weighted by Gasteiger charge is -2.12. The van der Waals surface area contributed by atoms with Gasteiger partial charge in [0.05, 0.1) is 11.6 Å². The Balaban J connectivity index is 2.35. The van der Waals surface area contributed by atoms with Crippen LogP contribution >= 0.6 is 27.3 Å². The van der Waals surface area contributed by atoms with E-state index in [9.17, 15) is 5.11 Å². The van der Waals surface area contributed by atoms with Crippen molar-refractivity contribution in [2.45, 2.75) is 13.0 Å². The van der Waals surface area contributed by atoms with Crippen molar-refractivity contribution >= 4 is 27.3 Å². The molecule has 0 saturated heterocycles. The zero-order chi connectivity index (χ0) is 12.4. The average molecular weight is 313 g/mol. The molecule has 0 amide bonds. The van der Waals surface area contributed by atoms with Crippen molar-refractivity contribution in [3.8, 4) is 5.75 Å². The van der Waals surface area contributed by atoms with Gasteiger partial charge in [-0.1, -0.05) is 6.07 Å². The molecule has 0 aliphatic carbocycles. The Labute approximate surface area is 113 Å². The van der Waals surface area contributed by atoms with E-state index in [4.69, 9.17) is 4.74 Å². The Morgan fingerprint density at radius 1 is 1.35 bits per heavy atom. The predicted octanol–water partition coefficient (Wildman–Crippen LogP) is 3.91. The molecule has 1 aromatic heterocycles. The van der Waals surface area contributed by atoms with Crippen molar-refractivity contribution in [3.05, 3.63) is 50.1 Å². The van der Waals surface area contributed by atoms with Crippen LogP contribution in [-0.2, 0) is 0 Å². The summed E-state index contributed by atoms with van der Waals surface area (Å²) in [5.41, 5.74) is 1.98. The molecule has 1 heterocycles. The van der Waals surface area contributed by atoms with Crippen LogP contribution in [0.25, 0.3) is 0 Å². The minimum absolute atomic E-state index is 0.572. The molecule has 0 radical (unpaired) electrons. The summed E-state index contributed by atoms with van der Waals surface area (Å²) in [6.07, 6.45) is -0.572. The topological polar surface area (TPSA) is 29.5 Å². The Kier molecular flexibility index (Phi) is 3.86. The Bertz CT molecular complexity index is 522. The van der Waals surface area contributed by atoms with Crippen LogP contribution < -0.4 is 4.74 Å². The summed E-state index contributed by atoms with van der Waals surface area (Å²) in [7, 11) is 1.62. The van der Waals surface area contributed by atoms with Crippen LogP contribution in [0, 0.1) is 6.92 Å². The molecule has 17 heavy (non-hydrogen) atoms. The van der Waals surface area contributed by atoms with E-state index in [2.05, 4.69) is 15.9 Å². The molecular formula is C13H13BrO2S. The first-order chi connectivity index (χ1) is 8.13. The first-order valence-electron chi connectivity index (χ1n) is 5.19. The molecule has 1 aromatic carbocycles. The van der Waals surface area contributed by atoms with E-state index < -0.39 is 6.10 Å². The molecule has 1 unspecified atom stereocenters. The fourth-order valence-corrected chi connectivity index (χ4v) is 3.16. The van der Waals surface area contributed by atoms with Crippen LogP contribution in [0.5, 0.6) is 5.75 Å². The van der Waals surface area contributed by atoms with E-state index in [-0.39, 0.29) is 0 Å². The number of methoxy groups -OCH3 is 1. The van der Waals surface area contributed by atoms with Gasteiger partial charge in [0, 0.05) is 4.88 Å². The van der Waals surface area contributed by atoms with Crippen LogP contribution in [0.15, 0.2) is 34.1 Å².